The molecular formula is C13H16N2O3. The van der Waals surface area contributed by atoms with Crippen LogP contribution >= 0.6 is 0 Å². The van der Waals surface area contributed by atoms with Gasteiger partial charge in [0.05, 0.1) is 5.56 Å². The molecule has 1 aromatic carbocycles. The third-order valence-electron chi connectivity index (χ3n) is 3.09. The van der Waals surface area contributed by atoms with E-state index in [1.165, 1.54) is 0 Å². The Morgan fingerprint density at radius 1 is 1.50 bits per heavy atom. The van der Waals surface area contributed by atoms with Gasteiger partial charge in [0, 0.05) is 12.2 Å². The molecule has 1 saturated heterocycles. The number of anilines is 1. The summed E-state index contributed by atoms with van der Waals surface area (Å²) in [5.41, 5.74) is 1.89. The van der Waals surface area contributed by atoms with Crippen LogP contribution in [0.1, 0.15) is 28.8 Å². The second-order valence-electron chi connectivity index (χ2n) is 4.47. The summed E-state index contributed by atoms with van der Waals surface area (Å²) in [4.78, 5) is 22.4. The summed E-state index contributed by atoms with van der Waals surface area (Å²) in [7, 11) is 0. The van der Waals surface area contributed by atoms with Gasteiger partial charge in [-0.15, -0.1) is 0 Å². The zero-order chi connectivity index (χ0) is 13.1. The fraction of sp³-hybridized carbons (Fsp3) is 0.385. The van der Waals surface area contributed by atoms with Crippen LogP contribution in [0.25, 0.3) is 0 Å². The molecule has 5 nitrogen and oxygen atoms in total. The molecule has 0 spiro atoms. The molecule has 0 saturated carbocycles. The van der Waals surface area contributed by atoms with E-state index < -0.39 is 5.97 Å². The Labute approximate surface area is 105 Å². The lowest BCUT2D eigenvalue weighted by atomic mass is 10.0. The fourth-order valence-electron chi connectivity index (χ4n) is 2.06. The van der Waals surface area contributed by atoms with Gasteiger partial charge in [0.1, 0.15) is 6.04 Å². The standard InChI is InChI=1S/C13H16N2O3/c1-8-7-9(13(17)18)4-5-10(8)15-11-3-2-6-14-12(11)16/h4-5,7,11,15H,2-3,6H2,1H3,(H,14,16)(H,17,18). The van der Waals surface area contributed by atoms with Gasteiger partial charge in [0.15, 0.2) is 0 Å². The first-order valence-electron chi connectivity index (χ1n) is 5.96. The highest BCUT2D eigenvalue weighted by atomic mass is 16.4. The maximum Gasteiger partial charge on any atom is 0.335 e. The van der Waals surface area contributed by atoms with Gasteiger partial charge < -0.3 is 15.7 Å². The molecule has 1 aliphatic heterocycles. The molecule has 1 atom stereocenters. The number of carbonyl (C=O) groups excluding carboxylic acids is 1. The minimum absolute atomic E-state index is 0.00274. The van der Waals surface area contributed by atoms with Crippen molar-refractivity contribution in [2.24, 2.45) is 0 Å². The molecule has 0 bridgehead atoms. The number of aromatic carboxylic acids is 1. The zero-order valence-corrected chi connectivity index (χ0v) is 10.2. The Bertz CT molecular complexity index is 485. The predicted octanol–water partition coefficient (Wildman–Crippen LogP) is 1.38. The van der Waals surface area contributed by atoms with Gasteiger partial charge in [0.25, 0.3) is 0 Å². The molecule has 0 radical (unpaired) electrons. The predicted molar refractivity (Wildman–Crippen MR) is 67.8 cm³/mol. The molecule has 3 N–H and O–H groups in total. The molecule has 1 aromatic rings. The van der Waals surface area contributed by atoms with Crippen LogP contribution in [0, 0.1) is 6.92 Å². The lowest BCUT2D eigenvalue weighted by molar-refractivity contribution is -0.123. The number of carboxylic acid groups (broad SMARTS) is 1. The van der Waals surface area contributed by atoms with E-state index in [-0.39, 0.29) is 17.5 Å². The van der Waals surface area contributed by atoms with Crippen molar-refractivity contribution in [1.82, 2.24) is 5.32 Å². The number of aryl methyl sites for hydroxylation is 1. The summed E-state index contributed by atoms with van der Waals surface area (Å²) in [6.45, 7) is 2.56. The summed E-state index contributed by atoms with van der Waals surface area (Å²) in [5.74, 6) is -0.942. The average Bonchev–Trinajstić information content (AvgIpc) is 2.34. The highest BCUT2D eigenvalue weighted by Gasteiger charge is 2.22. The Hall–Kier alpha value is -2.04. The average molecular weight is 248 g/mol. The van der Waals surface area contributed by atoms with E-state index in [1.54, 1.807) is 18.2 Å². The number of carboxylic acids is 1. The number of amides is 1. The molecule has 1 amide bonds. The Balaban J connectivity index is 2.14. The topological polar surface area (TPSA) is 78.4 Å². The summed E-state index contributed by atoms with van der Waals surface area (Å²) < 4.78 is 0. The quantitative estimate of drug-likeness (QED) is 0.755. The summed E-state index contributed by atoms with van der Waals surface area (Å²) in [6, 6.07) is 4.62. The third kappa shape index (κ3) is 2.61. The molecule has 5 heteroatoms. The van der Waals surface area contributed by atoms with Gasteiger partial charge in [-0.05, 0) is 43.5 Å². The maximum atomic E-state index is 11.6. The van der Waals surface area contributed by atoms with Crippen molar-refractivity contribution in [3.63, 3.8) is 0 Å². The van der Waals surface area contributed by atoms with Crippen molar-refractivity contribution < 1.29 is 14.7 Å². The van der Waals surface area contributed by atoms with Crippen LogP contribution in [0.5, 0.6) is 0 Å². The van der Waals surface area contributed by atoms with Gasteiger partial charge in [-0.25, -0.2) is 4.79 Å². The lowest BCUT2D eigenvalue weighted by Gasteiger charge is -2.24. The first kappa shape index (κ1) is 12.4. The number of carbonyl (C=O) groups is 2. The van der Waals surface area contributed by atoms with E-state index in [0.29, 0.717) is 0 Å². The Morgan fingerprint density at radius 2 is 2.28 bits per heavy atom. The Morgan fingerprint density at radius 3 is 2.89 bits per heavy atom. The van der Waals surface area contributed by atoms with E-state index in [9.17, 15) is 9.59 Å². The van der Waals surface area contributed by atoms with Gasteiger partial charge in [-0.2, -0.15) is 0 Å². The van der Waals surface area contributed by atoms with Crippen molar-refractivity contribution in [1.29, 1.82) is 0 Å². The number of hydrogen-bond acceptors (Lipinski definition) is 3. The highest BCUT2D eigenvalue weighted by molar-refractivity contribution is 5.89. The van der Waals surface area contributed by atoms with Crippen LogP contribution in [0.4, 0.5) is 5.69 Å². The molecule has 1 fully saturated rings. The van der Waals surface area contributed by atoms with Crippen LogP contribution in [-0.4, -0.2) is 29.6 Å². The molecule has 2 rings (SSSR count). The van der Waals surface area contributed by atoms with Gasteiger partial charge in [-0.1, -0.05) is 0 Å². The number of hydrogen-bond donors (Lipinski definition) is 3. The van der Waals surface area contributed by atoms with E-state index in [2.05, 4.69) is 10.6 Å². The van der Waals surface area contributed by atoms with Crippen LogP contribution in [0.3, 0.4) is 0 Å². The first-order chi connectivity index (χ1) is 8.58. The molecule has 1 unspecified atom stereocenters. The van der Waals surface area contributed by atoms with Crippen LogP contribution in [0.15, 0.2) is 18.2 Å². The third-order valence-corrected chi connectivity index (χ3v) is 3.09. The molecule has 0 aromatic heterocycles. The molecule has 1 heterocycles. The monoisotopic (exact) mass is 248 g/mol. The zero-order valence-electron chi connectivity index (χ0n) is 10.2. The smallest absolute Gasteiger partial charge is 0.335 e. The van der Waals surface area contributed by atoms with Crippen LogP contribution < -0.4 is 10.6 Å². The largest absolute Gasteiger partial charge is 0.478 e. The van der Waals surface area contributed by atoms with Crippen LogP contribution in [0.2, 0.25) is 0 Å². The number of benzene rings is 1. The number of rotatable bonds is 3. The van der Waals surface area contributed by atoms with Gasteiger partial charge >= 0.3 is 5.97 Å². The minimum Gasteiger partial charge on any atom is -0.478 e. The van der Waals surface area contributed by atoms with E-state index in [0.717, 1.165) is 30.6 Å². The van der Waals surface area contributed by atoms with Crippen molar-refractivity contribution in [2.45, 2.75) is 25.8 Å². The fourth-order valence-corrected chi connectivity index (χ4v) is 2.06. The van der Waals surface area contributed by atoms with E-state index >= 15 is 0 Å². The normalized spacial score (nSPS) is 19.2. The minimum atomic E-state index is -0.944. The number of piperidine rings is 1. The van der Waals surface area contributed by atoms with E-state index in [1.807, 2.05) is 6.92 Å². The van der Waals surface area contributed by atoms with Crippen molar-refractivity contribution >= 4 is 17.6 Å². The van der Waals surface area contributed by atoms with E-state index in [4.69, 9.17) is 5.11 Å². The Kier molecular flexibility index (Phi) is 3.50. The van der Waals surface area contributed by atoms with Gasteiger partial charge in [-0.3, -0.25) is 4.79 Å². The van der Waals surface area contributed by atoms with Crippen LogP contribution in [-0.2, 0) is 4.79 Å². The summed E-state index contributed by atoms with van der Waals surface area (Å²) >= 11 is 0. The van der Waals surface area contributed by atoms with Crippen molar-refractivity contribution in [2.75, 3.05) is 11.9 Å². The SMILES string of the molecule is Cc1cc(C(=O)O)ccc1NC1CCCNC1=O. The second-order valence-corrected chi connectivity index (χ2v) is 4.47. The highest BCUT2D eigenvalue weighted by Crippen LogP contribution is 2.19. The molecule has 96 valence electrons. The van der Waals surface area contributed by atoms with Crippen molar-refractivity contribution in [3.05, 3.63) is 29.3 Å². The molecule has 18 heavy (non-hydrogen) atoms. The van der Waals surface area contributed by atoms with Crippen molar-refractivity contribution in [3.8, 4) is 0 Å². The van der Waals surface area contributed by atoms with Gasteiger partial charge in [0.2, 0.25) is 5.91 Å². The second kappa shape index (κ2) is 5.08. The summed E-state index contributed by atoms with van der Waals surface area (Å²) in [5, 5.41) is 14.8. The first-order valence-corrected chi connectivity index (χ1v) is 5.96. The maximum absolute atomic E-state index is 11.6. The molecule has 1 aliphatic rings. The molecular weight excluding hydrogens is 232 g/mol. The molecule has 0 aliphatic carbocycles. The lowest BCUT2D eigenvalue weighted by Crippen LogP contribution is -2.44. The summed E-state index contributed by atoms with van der Waals surface area (Å²) in [6.07, 6.45) is 1.75. The number of nitrogens with one attached hydrogen (secondary N) is 2.